The fourth-order valence-electron chi connectivity index (χ4n) is 1.26. The number of aliphatic carboxylic acids is 1. The van der Waals surface area contributed by atoms with Gasteiger partial charge in [-0.05, 0) is 12.8 Å². The molecule has 0 saturated heterocycles. The summed E-state index contributed by atoms with van der Waals surface area (Å²) in [5.41, 5.74) is 0. The number of carboxylic acids is 1. The molecule has 0 aromatic heterocycles. The van der Waals surface area contributed by atoms with Crippen molar-refractivity contribution in [2.24, 2.45) is 5.92 Å². The topological polar surface area (TPSA) is 69.6 Å². The van der Waals surface area contributed by atoms with Crippen LogP contribution >= 0.6 is 0 Å². The zero-order valence-electron chi connectivity index (χ0n) is 9.90. The predicted octanol–water partition coefficient (Wildman–Crippen LogP) is 1.31. The molecule has 0 aliphatic rings. The molecule has 0 aliphatic heterocycles. The van der Waals surface area contributed by atoms with Gasteiger partial charge in [0.2, 0.25) is 0 Å². The van der Waals surface area contributed by atoms with Gasteiger partial charge in [0, 0.05) is 26.1 Å². The molecule has 2 N–H and O–H groups in total. The van der Waals surface area contributed by atoms with E-state index in [9.17, 15) is 9.59 Å². The molecular formula is C11H20N2O3. The van der Waals surface area contributed by atoms with Gasteiger partial charge < -0.3 is 15.3 Å². The zero-order chi connectivity index (χ0) is 12.6. The lowest BCUT2D eigenvalue weighted by atomic mass is 10.1. The molecule has 1 atom stereocenters. The number of nitrogens with zero attached hydrogens (tertiary/aromatic N) is 1. The molecule has 0 saturated carbocycles. The molecule has 2 amide bonds. The highest BCUT2D eigenvalue weighted by molar-refractivity contribution is 5.74. The minimum absolute atomic E-state index is 0.0634. The minimum Gasteiger partial charge on any atom is -0.481 e. The Morgan fingerprint density at radius 3 is 2.62 bits per heavy atom. The second-order valence-electron chi connectivity index (χ2n) is 3.72. The third kappa shape index (κ3) is 6.06. The molecule has 0 fully saturated rings. The molecule has 0 heterocycles. The van der Waals surface area contributed by atoms with Crippen molar-refractivity contribution >= 4 is 12.0 Å². The van der Waals surface area contributed by atoms with E-state index in [-0.39, 0.29) is 18.4 Å². The van der Waals surface area contributed by atoms with Gasteiger partial charge in [0.05, 0.1) is 0 Å². The Morgan fingerprint density at radius 2 is 2.19 bits per heavy atom. The fraction of sp³-hybridized carbons (Fsp3) is 0.636. The predicted molar refractivity (Wildman–Crippen MR) is 62.3 cm³/mol. The van der Waals surface area contributed by atoms with Gasteiger partial charge in [0.25, 0.3) is 0 Å². The smallest absolute Gasteiger partial charge is 0.317 e. The van der Waals surface area contributed by atoms with Crippen molar-refractivity contribution in [2.45, 2.75) is 20.3 Å². The van der Waals surface area contributed by atoms with Crippen LogP contribution < -0.4 is 5.32 Å². The van der Waals surface area contributed by atoms with E-state index in [1.165, 1.54) is 0 Å². The van der Waals surface area contributed by atoms with Crippen molar-refractivity contribution in [3.63, 3.8) is 0 Å². The number of carboxylic acid groups (broad SMARTS) is 1. The summed E-state index contributed by atoms with van der Waals surface area (Å²) in [5.74, 6) is -0.913. The lowest BCUT2D eigenvalue weighted by Gasteiger charge is -2.20. The van der Waals surface area contributed by atoms with Crippen LogP contribution in [0.15, 0.2) is 12.7 Å². The number of likely N-dealkylation sites (N-methyl/N-ethyl adjacent to an activating group) is 1. The number of carbonyl (C=O) groups is 2. The lowest BCUT2D eigenvalue weighted by Crippen LogP contribution is -2.41. The van der Waals surface area contributed by atoms with Crippen molar-refractivity contribution < 1.29 is 14.7 Å². The van der Waals surface area contributed by atoms with Crippen LogP contribution in [-0.2, 0) is 4.79 Å². The maximum absolute atomic E-state index is 11.6. The maximum atomic E-state index is 11.6. The normalized spacial score (nSPS) is 11.6. The van der Waals surface area contributed by atoms with Crippen molar-refractivity contribution in [1.82, 2.24) is 10.2 Å². The van der Waals surface area contributed by atoms with E-state index in [4.69, 9.17) is 5.11 Å². The molecule has 0 aromatic rings. The highest BCUT2D eigenvalue weighted by Crippen LogP contribution is 2.00. The molecule has 5 nitrogen and oxygen atoms in total. The highest BCUT2D eigenvalue weighted by Gasteiger charge is 2.12. The molecule has 5 heteroatoms. The van der Waals surface area contributed by atoms with E-state index >= 15 is 0 Å². The molecule has 0 spiro atoms. The first kappa shape index (κ1) is 14.5. The summed E-state index contributed by atoms with van der Waals surface area (Å²) in [5, 5.41) is 11.3. The second kappa shape index (κ2) is 7.73. The summed E-state index contributed by atoms with van der Waals surface area (Å²) < 4.78 is 0. The van der Waals surface area contributed by atoms with E-state index in [1.54, 1.807) is 17.9 Å². The standard InChI is InChI=1S/C11H20N2O3/c1-4-6-13(5-2)11(16)12-8-9(3)7-10(14)15/h4,9H,1,5-8H2,2-3H3,(H,12,16)(H,14,15). The van der Waals surface area contributed by atoms with Crippen LogP contribution in [-0.4, -0.2) is 41.6 Å². The Hall–Kier alpha value is -1.52. The molecule has 1 unspecified atom stereocenters. The average Bonchev–Trinajstić information content (AvgIpc) is 2.21. The Labute approximate surface area is 96.1 Å². The SMILES string of the molecule is C=CCN(CC)C(=O)NCC(C)CC(=O)O. The highest BCUT2D eigenvalue weighted by atomic mass is 16.4. The van der Waals surface area contributed by atoms with Gasteiger partial charge in [-0.3, -0.25) is 4.79 Å². The maximum Gasteiger partial charge on any atom is 0.317 e. The number of hydrogen-bond acceptors (Lipinski definition) is 2. The Morgan fingerprint density at radius 1 is 1.56 bits per heavy atom. The zero-order valence-corrected chi connectivity index (χ0v) is 9.90. The van der Waals surface area contributed by atoms with E-state index in [2.05, 4.69) is 11.9 Å². The van der Waals surface area contributed by atoms with Gasteiger partial charge in [0.1, 0.15) is 0 Å². The van der Waals surface area contributed by atoms with Crippen molar-refractivity contribution in [3.05, 3.63) is 12.7 Å². The van der Waals surface area contributed by atoms with Crippen LogP contribution in [0.5, 0.6) is 0 Å². The molecule has 0 aliphatic carbocycles. The summed E-state index contributed by atoms with van der Waals surface area (Å²) in [6.07, 6.45) is 1.72. The van der Waals surface area contributed by atoms with Crippen LogP contribution in [0.2, 0.25) is 0 Å². The van der Waals surface area contributed by atoms with Crippen molar-refractivity contribution in [1.29, 1.82) is 0 Å². The summed E-state index contributed by atoms with van der Waals surface area (Å²) in [6.45, 7) is 8.71. The first-order valence-corrected chi connectivity index (χ1v) is 5.36. The molecular weight excluding hydrogens is 208 g/mol. The Bertz CT molecular complexity index is 254. The van der Waals surface area contributed by atoms with Gasteiger partial charge in [-0.15, -0.1) is 6.58 Å². The van der Waals surface area contributed by atoms with Gasteiger partial charge in [-0.25, -0.2) is 4.79 Å². The lowest BCUT2D eigenvalue weighted by molar-refractivity contribution is -0.137. The van der Waals surface area contributed by atoms with Crippen LogP contribution in [0.3, 0.4) is 0 Å². The van der Waals surface area contributed by atoms with Gasteiger partial charge in [-0.2, -0.15) is 0 Å². The summed E-state index contributed by atoms with van der Waals surface area (Å²) >= 11 is 0. The molecule has 0 aromatic carbocycles. The first-order valence-electron chi connectivity index (χ1n) is 5.36. The minimum atomic E-state index is -0.847. The first-order chi connectivity index (χ1) is 7.51. The van der Waals surface area contributed by atoms with E-state index < -0.39 is 5.97 Å². The Kier molecular flexibility index (Phi) is 7.00. The van der Waals surface area contributed by atoms with Crippen LogP contribution in [0.25, 0.3) is 0 Å². The second-order valence-corrected chi connectivity index (χ2v) is 3.72. The van der Waals surface area contributed by atoms with Crippen LogP contribution in [0.4, 0.5) is 4.79 Å². The monoisotopic (exact) mass is 228 g/mol. The van der Waals surface area contributed by atoms with Crippen molar-refractivity contribution in [3.8, 4) is 0 Å². The van der Waals surface area contributed by atoms with Crippen LogP contribution in [0, 0.1) is 5.92 Å². The summed E-state index contributed by atoms with van der Waals surface area (Å²) in [6, 6.07) is -0.181. The van der Waals surface area contributed by atoms with E-state index in [0.29, 0.717) is 19.6 Å². The number of rotatable bonds is 7. The third-order valence-electron chi connectivity index (χ3n) is 2.14. The van der Waals surface area contributed by atoms with E-state index in [0.717, 1.165) is 0 Å². The van der Waals surface area contributed by atoms with Gasteiger partial charge >= 0.3 is 12.0 Å². The summed E-state index contributed by atoms with van der Waals surface area (Å²) in [4.78, 5) is 23.6. The molecule has 0 rings (SSSR count). The largest absolute Gasteiger partial charge is 0.481 e. The Balaban J connectivity index is 3.94. The quantitative estimate of drug-likeness (QED) is 0.645. The number of hydrogen-bond donors (Lipinski definition) is 2. The molecule has 92 valence electrons. The van der Waals surface area contributed by atoms with Gasteiger partial charge in [0.15, 0.2) is 0 Å². The number of amides is 2. The number of urea groups is 1. The summed E-state index contributed by atoms with van der Waals surface area (Å²) in [7, 11) is 0. The molecule has 0 radical (unpaired) electrons. The van der Waals surface area contributed by atoms with E-state index in [1.807, 2.05) is 6.92 Å². The van der Waals surface area contributed by atoms with Crippen LogP contribution in [0.1, 0.15) is 20.3 Å². The average molecular weight is 228 g/mol. The van der Waals surface area contributed by atoms with Crippen molar-refractivity contribution in [2.75, 3.05) is 19.6 Å². The van der Waals surface area contributed by atoms with Gasteiger partial charge in [-0.1, -0.05) is 13.0 Å². The fourth-order valence-corrected chi connectivity index (χ4v) is 1.26. The number of carbonyl (C=O) groups excluding carboxylic acids is 1. The molecule has 16 heavy (non-hydrogen) atoms. The third-order valence-corrected chi connectivity index (χ3v) is 2.14. The molecule has 0 bridgehead atoms. The number of nitrogens with one attached hydrogen (secondary N) is 1.